The van der Waals surface area contributed by atoms with Gasteiger partial charge in [0.1, 0.15) is 16.5 Å². The Bertz CT molecular complexity index is 1130. The number of hydrogen-bond donors (Lipinski definition) is 3. The van der Waals surface area contributed by atoms with E-state index < -0.39 is 37.0 Å². The number of hydrogen-bond acceptors (Lipinski definition) is 4. The summed E-state index contributed by atoms with van der Waals surface area (Å²) >= 11 is 24.1. The molecule has 0 aliphatic carbocycles. The monoisotopic (exact) mass is 492 g/mol. The van der Waals surface area contributed by atoms with Crippen LogP contribution in [0.25, 0.3) is 0 Å². The predicted molar refractivity (Wildman–Crippen MR) is 114 cm³/mol. The number of phenolic OH excluding ortho intramolecular Hbond substituents is 2. The maximum Gasteiger partial charge on any atom is 0.283 e. The zero-order valence-corrected chi connectivity index (χ0v) is 18.1. The van der Waals surface area contributed by atoms with Gasteiger partial charge in [0, 0.05) is 21.7 Å². The Balaban J connectivity index is 2.59. The number of aromatic hydroxyl groups is 2. The average Bonchev–Trinajstić information content (AvgIpc) is 2.64. The van der Waals surface area contributed by atoms with Crippen LogP contribution in [-0.2, 0) is 14.9 Å². The molecule has 0 aliphatic rings. The van der Waals surface area contributed by atoms with E-state index in [0.717, 1.165) is 6.07 Å². The number of rotatable bonds is 4. The van der Waals surface area contributed by atoms with Crippen LogP contribution in [0.4, 0.5) is 0 Å². The Morgan fingerprint density at radius 1 is 0.759 bits per heavy atom. The molecular weight excluding hydrogens is 482 g/mol. The van der Waals surface area contributed by atoms with Crippen LogP contribution in [0.3, 0.4) is 0 Å². The summed E-state index contributed by atoms with van der Waals surface area (Å²) in [5, 5.41) is 20.3. The minimum absolute atomic E-state index is 0.0191. The summed E-state index contributed by atoms with van der Waals surface area (Å²) in [7, 11) is -5.06. The minimum atomic E-state index is -5.06. The predicted octanol–water partition coefficient (Wildman–Crippen LogP) is 5.89. The SMILES string of the molecule is O=S(=O)(O)C(c1ccc(Cl)cc1)(c1ccc(Cl)cc1)c1c(Cl)cc(O)c(Cl)c1O. The quantitative estimate of drug-likeness (QED) is 0.311. The molecule has 5 nitrogen and oxygen atoms in total. The Kier molecular flexibility index (Phi) is 5.98. The van der Waals surface area contributed by atoms with E-state index in [1.165, 1.54) is 48.5 Å². The first-order valence-electron chi connectivity index (χ1n) is 7.89. The summed E-state index contributed by atoms with van der Waals surface area (Å²) in [4.78, 5) is 0. The fourth-order valence-electron chi connectivity index (χ4n) is 3.19. The highest BCUT2D eigenvalue weighted by Gasteiger charge is 2.52. The van der Waals surface area contributed by atoms with Gasteiger partial charge in [-0.3, -0.25) is 4.55 Å². The van der Waals surface area contributed by atoms with Crippen molar-refractivity contribution in [3.05, 3.63) is 91.4 Å². The molecule has 0 saturated carbocycles. The Morgan fingerprint density at radius 3 is 1.55 bits per heavy atom. The van der Waals surface area contributed by atoms with E-state index in [0.29, 0.717) is 10.0 Å². The van der Waals surface area contributed by atoms with Gasteiger partial charge in [-0.15, -0.1) is 0 Å². The third-order valence-corrected chi connectivity index (χ3v) is 7.04. The molecule has 0 bridgehead atoms. The van der Waals surface area contributed by atoms with E-state index >= 15 is 0 Å². The van der Waals surface area contributed by atoms with Gasteiger partial charge < -0.3 is 10.2 Å². The molecule has 0 radical (unpaired) electrons. The summed E-state index contributed by atoms with van der Waals surface area (Å²) in [5.74, 6) is -1.37. The molecule has 3 aromatic rings. The first kappa shape index (κ1) is 22.0. The molecule has 0 amide bonds. The second-order valence-corrected chi connectivity index (χ2v) is 9.31. The van der Waals surface area contributed by atoms with Crippen LogP contribution in [0, 0.1) is 0 Å². The highest BCUT2D eigenvalue weighted by atomic mass is 35.5. The largest absolute Gasteiger partial charge is 0.506 e. The molecule has 0 atom stereocenters. The molecule has 3 aromatic carbocycles. The number of benzene rings is 3. The van der Waals surface area contributed by atoms with E-state index in [1.54, 1.807) is 0 Å². The molecule has 0 unspecified atom stereocenters. The molecule has 152 valence electrons. The minimum Gasteiger partial charge on any atom is -0.506 e. The molecule has 0 heterocycles. The summed E-state index contributed by atoms with van der Waals surface area (Å²) in [6.45, 7) is 0. The van der Waals surface area contributed by atoms with Crippen molar-refractivity contribution in [2.75, 3.05) is 0 Å². The topological polar surface area (TPSA) is 94.8 Å². The fraction of sp³-hybridized carbons (Fsp3) is 0.0526. The Morgan fingerprint density at radius 2 is 1.17 bits per heavy atom. The molecule has 10 heteroatoms. The van der Waals surface area contributed by atoms with E-state index in [4.69, 9.17) is 46.4 Å². The lowest BCUT2D eigenvalue weighted by atomic mass is 9.83. The second-order valence-electron chi connectivity index (χ2n) is 6.09. The lowest BCUT2D eigenvalue weighted by molar-refractivity contribution is 0.431. The lowest BCUT2D eigenvalue weighted by Gasteiger charge is -2.34. The fourth-order valence-corrected chi connectivity index (χ4v) is 5.31. The Hall–Kier alpha value is -1.67. The van der Waals surface area contributed by atoms with E-state index in [1.807, 2.05) is 0 Å². The highest BCUT2D eigenvalue weighted by Crippen LogP contribution is 2.53. The summed E-state index contributed by atoms with van der Waals surface area (Å²) in [6, 6.07) is 12.1. The van der Waals surface area contributed by atoms with Gasteiger partial charge in [-0.2, -0.15) is 8.42 Å². The van der Waals surface area contributed by atoms with Crippen LogP contribution >= 0.6 is 46.4 Å². The van der Waals surface area contributed by atoms with Crippen molar-refractivity contribution in [2.45, 2.75) is 4.75 Å². The van der Waals surface area contributed by atoms with Crippen LogP contribution in [0.1, 0.15) is 16.7 Å². The van der Waals surface area contributed by atoms with Gasteiger partial charge in [0.05, 0.1) is 5.02 Å². The molecule has 0 saturated heterocycles. The maximum absolute atomic E-state index is 12.9. The van der Waals surface area contributed by atoms with Gasteiger partial charge >= 0.3 is 0 Å². The summed E-state index contributed by atoms with van der Waals surface area (Å²) in [5.41, 5.74) is -0.398. The van der Waals surface area contributed by atoms with Gasteiger partial charge in [-0.25, -0.2) is 0 Å². The number of phenols is 2. The van der Waals surface area contributed by atoms with E-state index in [2.05, 4.69) is 0 Å². The van der Waals surface area contributed by atoms with Crippen molar-refractivity contribution < 1.29 is 23.2 Å². The van der Waals surface area contributed by atoms with Crippen LogP contribution in [-0.4, -0.2) is 23.2 Å². The van der Waals surface area contributed by atoms with Crippen molar-refractivity contribution in [3.8, 4) is 11.5 Å². The van der Waals surface area contributed by atoms with Crippen molar-refractivity contribution in [1.29, 1.82) is 0 Å². The molecule has 0 spiro atoms. The normalized spacial score (nSPS) is 12.2. The molecular formula is C19H12Cl4O5S. The van der Waals surface area contributed by atoms with Crippen molar-refractivity contribution in [1.82, 2.24) is 0 Å². The third kappa shape index (κ3) is 3.65. The Labute approximate surface area is 186 Å². The van der Waals surface area contributed by atoms with Crippen LogP contribution < -0.4 is 0 Å². The molecule has 0 fully saturated rings. The molecule has 3 rings (SSSR count). The molecule has 3 N–H and O–H groups in total. The van der Waals surface area contributed by atoms with Crippen molar-refractivity contribution >= 4 is 56.5 Å². The first-order valence-corrected chi connectivity index (χ1v) is 10.8. The summed E-state index contributed by atoms with van der Waals surface area (Å²) in [6.07, 6.45) is 0. The highest BCUT2D eigenvalue weighted by molar-refractivity contribution is 7.87. The molecule has 0 aliphatic heterocycles. The second kappa shape index (κ2) is 7.87. The first-order chi connectivity index (χ1) is 13.5. The van der Waals surface area contributed by atoms with Gasteiger partial charge in [-0.05, 0) is 35.4 Å². The standard InChI is InChI=1S/C19H12Cl4O5S/c20-12-5-1-10(2-6-12)19(29(26,27)28,11-3-7-13(21)8-4-11)16-14(22)9-15(24)17(23)18(16)25/h1-9,24-25H,(H,26,27,28). The number of halogens is 4. The van der Waals surface area contributed by atoms with Gasteiger partial charge in [0.2, 0.25) is 0 Å². The zero-order chi connectivity index (χ0) is 21.6. The van der Waals surface area contributed by atoms with Crippen molar-refractivity contribution in [2.24, 2.45) is 0 Å². The van der Waals surface area contributed by atoms with Crippen LogP contribution in [0.15, 0.2) is 54.6 Å². The van der Waals surface area contributed by atoms with Gasteiger partial charge in [0.15, 0.2) is 4.75 Å². The van der Waals surface area contributed by atoms with E-state index in [9.17, 15) is 23.2 Å². The van der Waals surface area contributed by atoms with Crippen LogP contribution in [0.5, 0.6) is 11.5 Å². The molecule has 29 heavy (non-hydrogen) atoms. The van der Waals surface area contributed by atoms with Crippen molar-refractivity contribution in [3.63, 3.8) is 0 Å². The van der Waals surface area contributed by atoms with E-state index in [-0.39, 0.29) is 16.1 Å². The smallest absolute Gasteiger partial charge is 0.283 e. The van der Waals surface area contributed by atoms with Crippen LogP contribution in [0.2, 0.25) is 20.1 Å². The molecule has 0 aromatic heterocycles. The summed E-state index contributed by atoms with van der Waals surface area (Å²) < 4.78 is 33.9. The lowest BCUT2D eigenvalue weighted by Crippen LogP contribution is -2.38. The zero-order valence-electron chi connectivity index (χ0n) is 14.3. The third-order valence-electron chi connectivity index (χ3n) is 4.41. The van der Waals surface area contributed by atoms with Gasteiger partial charge in [0.25, 0.3) is 10.1 Å². The maximum atomic E-state index is 12.9. The average molecular weight is 494 g/mol. The van der Waals surface area contributed by atoms with Gasteiger partial charge in [-0.1, -0.05) is 70.7 Å².